The Kier molecular flexibility index (Phi) is 6.94. The van der Waals surface area contributed by atoms with E-state index in [1.54, 1.807) is 6.20 Å². The maximum absolute atomic E-state index is 12.6. The van der Waals surface area contributed by atoms with Gasteiger partial charge in [0.2, 0.25) is 0 Å². The van der Waals surface area contributed by atoms with Gasteiger partial charge >= 0.3 is 12.1 Å². The molecule has 4 rings (SSSR count). The van der Waals surface area contributed by atoms with E-state index in [9.17, 15) is 18.0 Å². The van der Waals surface area contributed by atoms with Crippen LogP contribution < -0.4 is 5.32 Å². The van der Waals surface area contributed by atoms with E-state index in [1.165, 1.54) is 11.6 Å². The lowest BCUT2D eigenvalue weighted by molar-refractivity contribution is -0.141. The standard InChI is InChI=1S/C24H23F3N3O2P/c25-24(26,27)22-8-6-20(14-29-22)30-19-5-7-21(28-13-19)18-3-1-16(2-4-18)17-9-11-33(12-10-17)15-23(31)32/h1-8,13-14,17,30H,9-12,15H2,(H,31,32). The molecule has 9 heteroatoms. The highest BCUT2D eigenvalue weighted by atomic mass is 31.1. The molecule has 0 saturated carbocycles. The van der Waals surface area contributed by atoms with Crippen molar-refractivity contribution in [1.82, 2.24) is 9.97 Å². The van der Waals surface area contributed by atoms with E-state index in [0.717, 1.165) is 48.7 Å². The number of hydrogen-bond donors (Lipinski definition) is 2. The number of pyridine rings is 2. The zero-order valence-corrected chi connectivity index (χ0v) is 18.6. The van der Waals surface area contributed by atoms with Crippen molar-refractivity contribution < 1.29 is 23.1 Å². The van der Waals surface area contributed by atoms with Crippen LogP contribution in [0, 0.1) is 0 Å². The third-order valence-corrected chi connectivity index (χ3v) is 8.23. The molecule has 3 heterocycles. The van der Waals surface area contributed by atoms with Crippen LogP contribution in [0.1, 0.15) is 30.0 Å². The lowest BCUT2D eigenvalue weighted by Gasteiger charge is -2.28. The molecule has 0 aliphatic carbocycles. The molecule has 3 aromatic rings. The fraction of sp³-hybridized carbons (Fsp3) is 0.292. The summed E-state index contributed by atoms with van der Waals surface area (Å²) in [5, 5.41) is 12.0. The molecule has 1 fully saturated rings. The summed E-state index contributed by atoms with van der Waals surface area (Å²) < 4.78 is 37.9. The van der Waals surface area contributed by atoms with Crippen LogP contribution in [0.3, 0.4) is 0 Å². The highest BCUT2D eigenvalue weighted by Crippen LogP contribution is 2.46. The summed E-state index contributed by atoms with van der Waals surface area (Å²) in [6, 6.07) is 14.3. The fourth-order valence-corrected chi connectivity index (χ4v) is 6.26. The van der Waals surface area contributed by atoms with Gasteiger partial charge in [-0.1, -0.05) is 32.2 Å². The second kappa shape index (κ2) is 9.87. The van der Waals surface area contributed by atoms with Gasteiger partial charge in [0.25, 0.3) is 0 Å². The molecule has 0 spiro atoms. The molecule has 2 aromatic heterocycles. The number of aromatic nitrogens is 2. The van der Waals surface area contributed by atoms with Crippen molar-refractivity contribution in [3.05, 3.63) is 72.2 Å². The van der Waals surface area contributed by atoms with Crippen molar-refractivity contribution in [2.45, 2.75) is 24.9 Å². The van der Waals surface area contributed by atoms with Crippen molar-refractivity contribution in [2.75, 3.05) is 23.8 Å². The normalized spacial score (nSPS) is 18.6. The first-order valence-electron chi connectivity index (χ1n) is 10.6. The first-order valence-corrected chi connectivity index (χ1v) is 12.5. The fourth-order valence-electron chi connectivity index (χ4n) is 3.98. The van der Waals surface area contributed by atoms with E-state index in [1.807, 2.05) is 24.3 Å². The van der Waals surface area contributed by atoms with Crippen LogP contribution in [0.4, 0.5) is 24.5 Å². The summed E-state index contributed by atoms with van der Waals surface area (Å²) in [6.07, 6.45) is 2.74. The van der Waals surface area contributed by atoms with Crippen LogP contribution in [0.15, 0.2) is 60.9 Å². The number of alkyl halides is 3. The van der Waals surface area contributed by atoms with Gasteiger partial charge in [-0.3, -0.25) is 9.78 Å². The van der Waals surface area contributed by atoms with Gasteiger partial charge in [-0.2, -0.15) is 13.2 Å². The number of rotatable bonds is 6. The Labute approximate surface area is 190 Å². The maximum Gasteiger partial charge on any atom is 0.433 e. The second-order valence-corrected chi connectivity index (χ2v) is 10.6. The van der Waals surface area contributed by atoms with E-state index in [4.69, 9.17) is 5.11 Å². The summed E-state index contributed by atoms with van der Waals surface area (Å²) >= 11 is 0. The summed E-state index contributed by atoms with van der Waals surface area (Å²) in [4.78, 5) is 18.8. The smallest absolute Gasteiger partial charge is 0.433 e. The van der Waals surface area contributed by atoms with Crippen molar-refractivity contribution in [1.29, 1.82) is 0 Å². The molecule has 0 bridgehead atoms. The SMILES string of the molecule is O=C(O)CP1CCC(c2ccc(-c3ccc(Nc4ccc(C(F)(F)F)nc4)cn3)cc2)CC1. The minimum Gasteiger partial charge on any atom is -0.481 e. The lowest BCUT2D eigenvalue weighted by atomic mass is 9.92. The quantitative estimate of drug-likeness (QED) is 0.408. The molecule has 1 aliphatic heterocycles. The number of carboxylic acid groups (broad SMARTS) is 1. The Balaban J connectivity index is 1.36. The number of carboxylic acids is 1. The van der Waals surface area contributed by atoms with Crippen LogP contribution in [-0.2, 0) is 11.0 Å². The van der Waals surface area contributed by atoms with E-state index >= 15 is 0 Å². The van der Waals surface area contributed by atoms with Crippen molar-refractivity contribution in [3.8, 4) is 11.3 Å². The molecule has 1 aliphatic rings. The van der Waals surface area contributed by atoms with Gasteiger partial charge in [-0.15, -0.1) is 0 Å². The van der Waals surface area contributed by atoms with E-state index in [-0.39, 0.29) is 7.92 Å². The summed E-state index contributed by atoms with van der Waals surface area (Å²) in [5.74, 6) is -0.211. The molecular weight excluding hydrogens is 450 g/mol. The number of nitrogens with zero attached hydrogens (tertiary/aromatic N) is 2. The first-order chi connectivity index (χ1) is 15.8. The summed E-state index contributed by atoms with van der Waals surface area (Å²) in [6.45, 7) is 0. The molecule has 0 atom stereocenters. The van der Waals surface area contributed by atoms with E-state index in [2.05, 4.69) is 27.4 Å². The molecule has 33 heavy (non-hydrogen) atoms. The zero-order chi connectivity index (χ0) is 23.4. The maximum atomic E-state index is 12.6. The van der Waals surface area contributed by atoms with Crippen molar-refractivity contribution in [2.24, 2.45) is 0 Å². The summed E-state index contributed by atoms with van der Waals surface area (Å²) in [5.41, 5.74) is 3.21. The molecular formula is C24H23F3N3O2P. The van der Waals surface area contributed by atoms with Gasteiger partial charge in [0.1, 0.15) is 5.69 Å². The summed E-state index contributed by atoms with van der Waals surface area (Å²) in [7, 11) is -0.369. The molecule has 0 radical (unpaired) electrons. The van der Waals surface area contributed by atoms with Crippen LogP contribution in [-0.4, -0.2) is 39.5 Å². The average Bonchev–Trinajstić information content (AvgIpc) is 2.80. The van der Waals surface area contributed by atoms with Crippen molar-refractivity contribution >= 4 is 25.3 Å². The van der Waals surface area contributed by atoms with Gasteiger partial charge < -0.3 is 10.4 Å². The third-order valence-electron chi connectivity index (χ3n) is 5.73. The number of benzene rings is 1. The zero-order valence-electron chi connectivity index (χ0n) is 17.7. The predicted octanol–water partition coefficient (Wildman–Crippen LogP) is 6.35. The minimum absolute atomic E-state index is 0.326. The van der Waals surface area contributed by atoms with Gasteiger partial charge in [0.05, 0.1) is 35.6 Å². The molecule has 1 saturated heterocycles. The van der Waals surface area contributed by atoms with Crippen LogP contribution in [0.2, 0.25) is 0 Å². The van der Waals surface area contributed by atoms with Gasteiger partial charge in [0.15, 0.2) is 0 Å². The molecule has 0 unspecified atom stereocenters. The Bertz CT molecular complexity index is 1080. The largest absolute Gasteiger partial charge is 0.481 e. The topological polar surface area (TPSA) is 75.1 Å². The second-order valence-electron chi connectivity index (χ2n) is 8.05. The van der Waals surface area contributed by atoms with Gasteiger partial charge in [-0.05, 0) is 60.9 Å². The van der Waals surface area contributed by atoms with Crippen LogP contribution in [0.5, 0.6) is 0 Å². The Morgan fingerprint density at radius 3 is 2.12 bits per heavy atom. The number of nitrogens with one attached hydrogen (secondary N) is 1. The third kappa shape index (κ3) is 6.08. The minimum atomic E-state index is -4.46. The van der Waals surface area contributed by atoms with Gasteiger partial charge in [0, 0.05) is 5.56 Å². The van der Waals surface area contributed by atoms with E-state index in [0.29, 0.717) is 23.5 Å². The average molecular weight is 473 g/mol. The Morgan fingerprint density at radius 2 is 1.61 bits per heavy atom. The van der Waals surface area contributed by atoms with Gasteiger partial charge in [-0.25, -0.2) is 4.98 Å². The number of hydrogen-bond acceptors (Lipinski definition) is 4. The molecule has 172 valence electrons. The monoisotopic (exact) mass is 473 g/mol. The van der Waals surface area contributed by atoms with Crippen LogP contribution in [0.25, 0.3) is 11.3 Å². The molecule has 1 aromatic carbocycles. The number of aliphatic carboxylic acids is 1. The highest BCUT2D eigenvalue weighted by molar-refractivity contribution is 7.58. The van der Waals surface area contributed by atoms with Crippen molar-refractivity contribution in [3.63, 3.8) is 0 Å². The van der Waals surface area contributed by atoms with Crippen LogP contribution >= 0.6 is 7.92 Å². The Hall–Kier alpha value is -2.99. The lowest BCUT2D eigenvalue weighted by Crippen LogP contribution is -2.14. The molecule has 2 N–H and O–H groups in total. The molecule has 0 amide bonds. The number of halogens is 3. The number of anilines is 2. The molecule has 5 nitrogen and oxygen atoms in total. The van der Waals surface area contributed by atoms with E-state index < -0.39 is 17.8 Å². The predicted molar refractivity (Wildman–Crippen MR) is 123 cm³/mol. The highest BCUT2D eigenvalue weighted by Gasteiger charge is 2.32. The number of carbonyl (C=O) groups is 1. The Morgan fingerprint density at radius 1 is 0.970 bits per heavy atom. The first kappa shape index (κ1) is 23.2.